The molecule has 2 saturated heterocycles. The maximum absolute atomic E-state index is 12.3. The zero-order valence-electron chi connectivity index (χ0n) is 9.17. The summed E-state index contributed by atoms with van der Waals surface area (Å²) in [5.41, 5.74) is 0. The minimum absolute atomic E-state index is 0.0801. The quantitative estimate of drug-likeness (QED) is 0.623. The number of hydrogen-bond donors (Lipinski definition) is 1. The molecule has 3 rings (SSSR count). The van der Waals surface area contributed by atoms with Crippen LogP contribution in [0.3, 0.4) is 0 Å². The molecule has 16 heavy (non-hydrogen) atoms. The van der Waals surface area contributed by atoms with Gasteiger partial charge in [-0.15, -0.1) is 0 Å². The van der Waals surface area contributed by atoms with Gasteiger partial charge in [-0.05, 0) is 31.6 Å². The molecular formula is C11H16N4O. The van der Waals surface area contributed by atoms with Gasteiger partial charge in [0.1, 0.15) is 12.1 Å². The number of amides is 1. The molecule has 2 N–H and O–H groups in total. The molecule has 3 fully saturated rings. The van der Waals surface area contributed by atoms with Crippen molar-refractivity contribution in [2.24, 2.45) is 11.8 Å². The lowest BCUT2D eigenvalue weighted by molar-refractivity contribution is -0.137. The van der Waals surface area contributed by atoms with Gasteiger partial charge in [0.2, 0.25) is 5.91 Å². The summed E-state index contributed by atoms with van der Waals surface area (Å²) >= 11 is 0. The van der Waals surface area contributed by atoms with Crippen molar-refractivity contribution in [3.05, 3.63) is 0 Å². The average Bonchev–Trinajstić information content (AvgIpc) is 2.74. The number of hydrazine groups is 1. The summed E-state index contributed by atoms with van der Waals surface area (Å²) in [6.45, 7) is 0.787. The Morgan fingerprint density at radius 3 is 2.88 bits per heavy atom. The van der Waals surface area contributed by atoms with E-state index in [0.717, 1.165) is 32.2 Å². The summed E-state index contributed by atoms with van der Waals surface area (Å²) in [7, 11) is 0. The Morgan fingerprint density at radius 1 is 1.44 bits per heavy atom. The summed E-state index contributed by atoms with van der Waals surface area (Å²) in [5, 5.41) is 10.7. The van der Waals surface area contributed by atoms with Crippen molar-refractivity contribution in [3.63, 3.8) is 0 Å². The van der Waals surface area contributed by atoms with Crippen molar-refractivity contribution < 1.29 is 4.79 Å². The molecule has 0 bridgehead atoms. The average molecular weight is 220 g/mol. The van der Waals surface area contributed by atoms with Crippen molar-refractivity contribution in [1.29, 1.82) is 5.26 Å². The molecule has 0 aromatic rings. The first-order chi connectivity index (χ1) is 7.72. The van der Waals surface area contributed by atoms with E-state index in [1.54, 1.807) is 9.91 Å². The standard InChI is InChI=1S/C11H16N4O/c12-6-8-4-7-5-10(7)15(8)11(16)9-2-1-3-14(9)13/h7-10H,1-5,13H2/t7-,8?,9+,10+/m1/s1. The molecule has 2 heterocycles. The summed E-state index contributed by atoms with van der Waals surface area (Å²) in [5.74, 6) is 6.46. The molecule has 0 spiro atoms. The first kappa shape index (κ1) is 10.1. The predicted octanol–water partition coefficient (Wildman–Crippen LogP) is -0.163. The molecule has 2 aliphatic heterocycles. The lowest BCUT2D eigenvalue weighted by Gasteiger charge is -2.28. The number of carbonyl (C=O) groups excluding carboxylic acids is 1. The number of likely N-dealkylation sites (tertiary alicyclic amines) is 1. The van der Waals surface area contributed by atoms with Gasteiger partial charge in [0.25, 0.3) is 0 Å². The fraction of sp³-hybridized carbons (Fsp3) is 0.818. The van der Waals surface area contributed by atoms with E-state index in [0.29, 0.717) is 12.0 Å². The van der Waals surface area contributed by atoms with Crippen molar-refractivity contribution in [1.82, 2.24) is 9.91 Å². The minimum atomic E-state index is -0.203. The van der Waals surface area contributed by atoms with Crippen molar-refractivity contribution >= 4 is 5.91 Å². The van der Waals surface area contributed by atoms with E-state index >= 15 is 0 Å². The van der Waals surface area contributed by atoms with Gasteiger partial charge in [-0.2, -0.15) is 5.26 Å². The maximum Gasteiger partial charge on any atom is 0.242 e. The van der Waals surface area contributed by atoms with Crippen molar-refractivity contribution in [3.8, 4) is 6.07 Å². The number of nitrogens with zero attached hydrogens (tertiary/aromatic N) is 3. The first-order valence-electron chi connectivity index (χ1n) is 5.95. The van der Waals surface area contributed by atoms with Crippen LogP contribution in [0.5, 0.6) is 0 Å². The zero-order valence-corrected chi connectivity index (χ0v) is 9.17. The van der Waals surface area contributed by atoms with Crippen LogP contribution in [-0.2, 0) is 4.79 Å². The lowest BCUT2D eigenvalue weighted by atomic mass is 10.1. The van der Waals surface area contributed by atoms with E-state index in [2.05, 4.69) is 6.07 Å². The van der Waals surface area contributed by atoms with Gasteiger partial charge in [0.05, 0.1) is 6.07 Å². The summed E-state index contributed by atoms with van der Waals surface area (Å²) in [6.07, 6.45) is 3.76. The zero-order chi connectivity index (χ0) is 11.3. The Bertz CT molecular complexity index is 363. The molecule has 1 saturated carbocycles. The van der Waals surface area contributed by atoms with Gasteiger partial charge in [-0.25, -0.2) is 5.01 Å². The SMILES string of the molecule is N#CC1C[C@@H]2C[C@@H]2N1C(=O)[C@@H]1CCCN1N. The Labute approximate surface area is 94.8 Å². The molecule has 4 atom stereocenters. The second-order valence-electron chi connectivity index (χ2n) is 5.09. The molecule has 3 aliphatic rings. The first-order valence-corrected chi connectivity index (χ1v) is 5.95. The molecule has 0 aromatic carbocycles. The third kappa shape index (κ3) is 1.34. The summed E-state index contributed by atoms with van der Waals surface area (Å²) in [4.78, 5) is 14.1. The van der Waals surface area contributed by atoms with Crippen molar-refractivity contribution in [2.45, 2.75) is 43.8 Å². The lowest BCUT2D eigenvalue weighted by Crippen LogP contribution is -2.50. The number of fused-ring (bicyclic) bond motifs is 1. The number of nitrogens with two attached hydrogens (primary N) is 1. The Hall–Kier alpha value is -1.12. The van der Waals surface area contributed by atoms with Gasteiger partial charge in [-0.1, -0.05) is 0 Å². The number of carbonyl (C=O) groups is 1. The van der Waals surface area contributed by atoms with Crippen LogP contribution in [0.1, 0.15) is 25.7 Å². The van der Waals surface area contributed by atoms with Gasteiger partial charge >= 0.3 is 0 Å². The summed E-state index contributed by atoms with van der Waals surface area (Å²) in [6, 6.07) is 2.19. The van der Waals surface area contributed by atoms with Crippen LogP contribution in [0.15, 0.2) is 0 Å². The smallest absolute Gasteiger partial charge is 0.242 e. The van der Waals surface area contributed by atoms with Gasteiger partial charge in [0.15, 0.2) is 0 Å². The topological polar surface area (TPSA) is 73.4 Å². The maximum atomic E-state index is 12.3. The van der Waals surface area contributed by atoms with Gasteiger partial charge in [-0.3, -0.25) is 10.6 Å². The van der Waals surface area contributed by atoms with E-state index in [9.17, 15) is 4.79 Å². The van der Waals surface area contributed by atoms with Crippen molar-refractivity contribution in [2.75, 3.05) is 6.54 Å². The highest BCUT2D eigenvalue weighted by atomic mass is 16.2. The van der Waals surface area contributed by atoms with Crippen LogP contribution in [0.2, 0.25) is 0 Å². The highest BCUT2D eigenvalue weighted by Crippen LogP contribution is 2.48. The molecule has 5 nitrogen and oxygen atoms in total. The highest BCUT2D eigenvalue weighted by Gasteiger charge is 2.55. The molecule has 1 aliphatic carbocycles. The third-order valence-corrected chi connectivity index (χ3v) is 4.09. The Kier molecular flexibility index (Phi) is 2.16. The van der Waals surface area contributed by atoms with Crippen LogP contribution in [0.4, 0.5) is 0 Å². The van der Waals surface area contributed by atoms with Crippen LogP contribution in [0, 0.1) is 17.2 Å². The number of hydrogen-bond acceptors (Lipinski definition) is 4. The molecule has 0 radical (unpaired) electrons. The molecule has 5 heteroatoms. The Balaban J connectivity index is 1.76. The molecular weight excluding hydrogens is 204 g/mol. The second kappa shape index (κ2) is 3.44. The third-order valence-electron chi connectivity index (χ3n) is 4.09. The molecule has 1 unspecified atom stereocenters. The second-order valence-corrected chi connectivity index (χ2v) is 5.09. The van der Waals surface area contributed by atoms with Crippen LogP contribution in [0.25, 0.3) is 0 Å². The van der Waals surface area contributed by atoms with Crippen LogP contribution >= 0.6 is 0 Å². The molecule has 1 amide bonds. The van der Waals surface area contributed by atoms with E-state index in [4.69, 9.17) is 11.1 Å². The molecule has 86 valence electrons. The number of nitriles is 1. The normalized spacial score (nSPS) is 41.9. The number of rotatable bonds is 1. The molecule has 0 aromatic heterocycles. The van der Waals surface area contributed by atoms with Gasteiger partial charge in [0, 0.05) is 12.6 Å². The highest BCUT2D eigenvalue weighted by molar-refractivity contribution is 5.84. The van der Waals surface area contributed by atoms with E-state index < -0.39 is 0 Å². The number of piperidine rings is 1. The fourth-order valence-corrected chi connectivity index (χ4v) is 3.12. The largest absolute Gasteiger partial charge is 0.322 e. The van der Waals surface area contributed by atoms with E-state index in [1.165, 1.54) is 0 Å². The van der Waals surface area contributed by atoms with Crippen LogP contribution in [-0.4, -0.2) is 40.5 Å². The van der Waals surface area contributed by atoms with E-state index in [-0.39, 0.29) is 18.0 Å². The minimum Gasteiger partial charge on any atom is -0.322 e. The predicted molar refractivity (Wildman–Crippen MR) is 56.7 cm³/mol. The summed E-state index contributed by atoms with van der Waals surface area (Å²) < 4.78 is 0. The Morgan fingerprint density at radius 2 is 2.25 bits per heavy atom. The van der Waals surface area contributed by atoms with Crippen LogP contribution < -0.4 is 5.84 Å². The van der Waals surface area contributed by atoms with E-state index in [1.807, 2.05) is 0 Å². The monoisotopic (exact) mass is 220 g/mol. The fourth-order valence-electron chi connectivity index (χ4n) is 3.12. The van der Waals surface area contributed by atoms with Gasteiger partial charge < -0.3 is 4.90 Å².